The Balaban J connectivity index is 2.77. The number of alkyl halides is 1. The van der Waals surface area contributed by atoms with Crippen LogP contribution in [0.3, 0.4) is 0 Å². The maximum absolute atomic E-state index is 11.5. The molecule has 0 heterocycles. The zero-order chi connectivity index (χ0) is 7.82. The number of aliphatic hydroxyl groups is 1. The number of hydrogen-bond donors (Lipinski definition) is 1. The molecule has 0 aliphatic heterocycles. The average Bonchev–Trinajstić information content (AvgIpc) is 1.87. The smallest absolute Gasteiger partial charge is 0.0894 e. The fourth-order valence-electron chi connectivity index (χ4n) is 0.888. The fraction of sp³-hybridized carbons (Fsp3) is 1.00. The van der Waals surface area contributed by atoms with Crippen LogP contribution < -0.4 is 0 Å². The third kappa shape index (κ3) is 7.89. The van der Waals surface area contributed by atoms with Crippen molar-refractivity contribution in [2.75, 3.05) is 6.67 Å². The van der Waals surface area contributed by atoms with Gasteiger partial charge < -0.3 is 5.11 Å². The summed E-state index contributed by atoms with van der Waals surface area (Å²) in [6.45, 7) is 1.59. The van der Waals surface area contributed by atoms with E-state index in [9.17, 15) is 4.39 Å². The third-order valence-corrected chi connectivity index (χ3v) is 1.51. The van der Waals surface area contributed by atoms with E-state index in [-0.39, 0.29) is 12.8 Å². The molecule has 0 aliphatic carbocycles. The second-order valence-electron chi connectivity index (χ2n) is 2.74. The minimum atomic E-state index is -0.200. The summed E-state index contributed by atoms with van der Waals surface area (Å²) >= 11 is 0. The highest BCUT2D eigenvalue weighted by Crippen LogP contribution is 2.05. The largest absolute Gasteiger partial charge is 0.393 e. The zero-order valence-electron chi connectivity index (χ0n) is 6.65. The molecule has 1 atom stereocenters. The zero-order valence-corrected chi connectivity index (χ0v) is 6.65. The summed E-state index contributed by atoms with van der Waals surface area (Å²) in [6, 6.07) is 0. The van der Waals surface area contributed by atoms with Crippen molar-refractivity contribution in [3.8, 4) is 0 Å². The van der Waals surface area contributed by atoms with Crippen molar-refractivity contribution in [2.24, 2.45) is 0 Å². The van der Waals surface area contributed by atoms with Crippen molar-refractivity contribution in [1.29, 1.82) is 0 Å². The molecule has 0 spiro atoms. The monoisotopic (exact) mass is 148 g/mol. The predicted octanol–water partition coefficient (Wildman–Crippen LogP) is 2.29. The van der Waals surface area contributed by atoms with Crippen LogP contribution in [0.25, 0.3) is 0 Å². The van der Waals surface area contributed by atoms with E-state index in [4.69, 9.17) is 5.11 Å². The van der Waals surface area contributed by atoms with E-state index < -0.39 is 0 Å². The standard InChI is InChI=1S/C8H17FO/c1-8(10)6-4-2-3-5-7-9/h8,10H,2-7H2,1H3/t8-/m1/s1. The third-order valence-electron chi connectivity index (χ3n) is 1.51. The average molecular weight is 148 g/mol. The van der Waals surface area contributed by atoms with Gasteiger partial charge in [-0.2, -0.15) is 0 Å². The molecule has 0 saturated heterocycles. The first-order chi connectivity index (χ1) is 4.77. The van der Waals surface area contributed by atoms with Gasteiger partial charge in [-0.1, -0.05) is 19.3 Å². The van der Waals surface area contributed by atoms with Gasteiger partial charge in [-0.05, 0) is 19.8 Å². The lowest BCUT2D eigenvalue weighted by Crippen LogP contribution is -1.98. The number of unbranched alkanes of at least 4 members (excludes halogenated alkanes) is 3. The number of aliphatic hydroxyl groups excluding tert-OH is 1. The predicted molar refractivity (Wildman–Crippen MR) is 40.7 cm³/mol. The fourth-order valence-corrected chi connectivity index (χ4v) is 0.888. The molecule has 0 aromatic rings. The van der Waals surface area contributed by atoms with Crippen LogP contribution >= 0.6 is 0 Å². The van der Waals surface area contributed by atoms with Crippen LogP contribution in [0.2, 0.25) is 0 Å². The van der Waals surface area contributed by atoms with E-state index in [1.165, 1.54) is 0 Å². The first-order valence-electron chi connectivity index (χ1n) is 4.01. The first-order valence-corrected chi connectivity index (χ1v) is 4.01. The Labute approximate surface area is 62.3 Å². The Kier molecular flexibility index (Phi) is 6.93. The van der Waals surface area contributed by atoms with Gasteiger partial charge in [-0.3, -0.25) is 4.39 Å². The molecule has 0 aromatic heterocycles. The molecule has 0 fully saturated rings. The van der Waals surface area contributed by atoms with Gasteiger partial charge in [0.1, 0.15) is 0 Å². The maximum Gasteiger partial charge on any atom is 0.0894 e. The molecule has 62 valence electrons. The summed E-state index contributed by atoms with van der Waals surface area (Å²) in [5.41, 5.74) is 0. The van der Waals surface area contributed by atoms with Gasteiger partial charge in [-0.25, -0.2) is 0 Å². The number of hydrogen-bond acceptors (Lipinski definition) is 1. The highest BCUT2D eigenvalue weighted by molar-refractivity contribution is 4.48. The molecule has 0 aromatic carbocycles. The highest BCUT2D eigenvalue weighted by Gasteiger charge is 1.94. The molecule has 0 aliphatic rings. The number of halogens is 1. The molecule has 0 rings (SSSR count). The Morgan fingerprint density at radius 3 is 2.30 bits per heavy atom. The normalized spacial score (nSPS) is 13.5. The van der Waals surface area contributed by atoms with Crippen molar-refractivity contribution in [2.45, 2.75) is 45.1 Å². The Morgan fingerprint density at radius 1 is 1.20 bits per heavy atom. The van der Waals surface area contributed by atoms with E-state index in [1.54, 1.807) is 6.92 Å². The van der Waals surface area contributed by atoms with Crippen LogP contribution in [-0.2, 0) is 0 Å². The summed E-state index contributed by atoms with van der Waals surface area (Å²) in [6.07, 6.45) is 4.38. The molecule has 10 heavy (non-hydrogen) atoms. The molecular weight excluding hydrogens is 131 g/mol. The first kappa shape index (κ1) is 9.89. The molecule has 2 heteroatoms. The molecule has 0 saturated carbocycles. The lowest BCUT2D eigenvalue weighted by molar-refractivity contribution is 0.180. The molecular formula is C8H17FO. The van der Waals surface area contributed by atoms with Crippen LogP contribution in [0, 0.1) is 0 Å². The summed E-state index contributed by atoms with van der Waals surface area (Å²) in [5, 5.41) is 8.83. The van der Waals surface area contributed by atoms with Crippen LogP contribution in [0.4, 0.5) is 4.39 Å². The lowest BCUT2D eigenvalue weighted by atomic mass is 10.1. The molecule has 0 unspecified atom stereocenters. The Morgan fingerprint density at radius 2 is 1.80 bits per heavy atom. The lowest BCUT2D eigenvalue weighted by Gasteiger charge is -2.01. The Hall–Kier alpha value is -0.110. The quantitative estimate of drug-likeness (QED) is 0.573. The van der Waals surface area contributed by atoms with Gasteiger partial charge in [0, 0.05) is 0 Å². The second kappa shape index (κ2) is 7.00. The molecule has 0 radical (unpaired) electrons. The van der Waals surface area contributed by atoms with Crippen LogP contribution in [0.15, 0.2) is 0 Å². The van der Waals surface area contributed by atoms with Gasteiger partial charge in [0.2, 0.25) is 0 Å². The van der Waals surface area contributed by atoms with Crippen molar-refractivity contribution in [3.63, 3.8) is 0 Å². The van der Waals surface area contributed by atoms with Gasteiger partial charge in [0.25, 0.3) is 0 Å². The summed E-state index contributed by atoms with van der Waals surface area (Å²) in [4.78, 5) is 0. The van der Waals surface area contributed by atoms with E-state index in [0.717, 1.165) is 25.7 Å². The van der Waals surface area contributed by atoms with Gasteiger partial charge in [0.15, 0.2) is 0 Å². The van der Waals surface area contributed by atoms with Crippen molar-refractivity contribution >= 4 is 0 Å². The van der Waals surface area contributed by atoms with Crippen molar-refractivity contribution < 1.29 is 9.50 Å². The minimum absolute atomic E-state index is 0.189. The summed E-state index contributed by atoms with van der Waals surface area (Å²) in [7, 11) is 0. The van der Waals surface area contributed by atoms with Crippen molar-refractivity contribution in [3.05, 3.63) is 0 Å². The molecule has 0 bridgehead atoms. The summed E-state index contributed by atoms with van der Waals surface area (Å²) < 4.78 is 11.5. The van der Waals surface area contributed by atoms with Crippen LogP contribution in [-0.4, -0.2) is 17.9 Å². The van der Waals surface area contributed by atoms with E-state index in [2.05, 4.69) is 0 Å². The Bertz CT molecular complexity index is 64.3. The number of rotatable bonds is 6. The topological polar surface area (TPSA) is 20.2 Å². The van der Waals surface area contributed by atoms with E-state index in [1.807, 2.05) is 0 Å². The van der Waals surface area contributed by atoms with Gasteiger partial charge >= 0.3 is 0 Å². The van der Waals surface area contributed by atoms with Gasteiger partial charge in [0.05, 0.1) is 12.8 Å². The van der Waals surface area contributed by atoms with Crippen molar-refractivity contribution in [1.82, 2.24) is 0 Å². The molecule has 1 N–H and O–H groups in total. The van der Waals surface area contributed by atoms with Crippen LogP contribution in [0.5, 0.6) is 0 Å². The molecule has 1 nitrogen and oxygen atoms in total. The maximum atomic E-state index is 11.5. The van der Waals surface area contributed by atoms with Gasteiger partial charge in [-0.15, -0.1) is 0 Å². The minimum Gasteiger partial charge on any atom is -0.393 e. The van der Waals surface area contributed by atoms with E-state index in [0.29, 0.717) is 6.42 Å². The van der Waals surface area contributed by atoms with Crippen LogP contribution in [0.1, 0.15) is 39.0 Å². The second-order valence-corrected chi connectivity index (χ2v) is 2.74. The van der Waals surface area contributed by atoms with E-state index >= 15 is 0 Å². The SMILES string of the molecule is C[C@@H](O)CCCCCCF. The highest BCUT2D eigenvalue weighted by atomic mass is 19.1. The molecule has 0 amide bonds. The summed E-state index contributed by atoms with van der Waals surface area (Å²) in [5.74, 6) is 0.